The summed E-state index contributed by atoms with van der Waals surface area (Å²) in [7, 11) is 0. The van der Waals surface area contributed by atoms with Gasteiger partial charge in [0.2, 0.25) is 0 Å². The van der Waals surface area contributed by atoms with Gasteiger partial charge in [-0.05, 0) is 19.3 Å². The van der Waals surface area contributed by atoms with Gasteiger partial charge in [-0.2, -0.15) is 0 Å². The number of thiazole rings is 1. The first-order valence-electron chi connectivity index (χ1n) is 4.97. The van der Waals surface area contributed by atoms with E-state index in [-0.39, 0.29) is 6.04 Å². The van der Waals surface area contributed by atoms with Crippen molar-refractivity contribution in [2.45, 2.75) is 45.6 Å². The first kappa shape index (κ1) is 10.7. The second kappa shape index (κ2) is 5.35. The summed E-state index contributed by atoms with van der Waals surface area (Å²) in [5.41, 5.74) is 7.04. The van der Waals surface area contributed by atoms with Crippen LogP contribution in [-0.2, 0) is 6.42 Å². The van der Waals surface area contributed by atoms with Crippen LogP contribution in [0.3, 0.4) is 0 Å². The van der Waals surface area contributed by atoms with Gasteiger partial charge in [0, 0.05) is 11.4 Å². The minimum Gasteiger partial charge on any atom is -0.323 e. The Bertz CT molecular complexity index is 245. The van der Waals surface area contributed by atoms with E-state index in [1.54, 1.807) is 11.3 Å². The van der Waals surface area contributed by atoms with Gasteiger partial charge in [-0.1, -0.05) is 20.3 Å². The first-order chi connectivity index (χ1) is 6.27. The van der Waals surface area contributed by atoms with Crippen molar-refractivity contribution in [2.75, 3.05) is 0 Å². The molecule has 1 unspecified atom stereocenters. The van der Waals surface area contributed by atoms with Gasteiger partial charge in [-0.3, -0.25) is 0 Å². The van der Waals surface area contributed by atoms with Gasteiger partial charge in [0.15, 0.2) is 0 Å². The third-order valence-corrected chi connectivity index (χ3v) is 2.94. The molecule has 0 bridgehead atoms. The number of hydrogen-bond acceptors (Lipinski definition) is 3. The minimum atomic E-state index is 0.145. The van der Waals surface area contributed by atoms with Crippen molar-refractivity contribution in [1.82, 2.24) is 4.98 Å². The molecule has 0 radical (unpaired) electrons. The summed E-state index contributed by atoms with van der Waals surface area (Å²) in [6.07, 6.45) is 4.41. The summed E-state index contributed by atoms with van der Waals surface area (Å²) in [5, 5.41) is 3.33. The number of hydrogen-bond donors (Lipinski definition) is 1. The lowest BCUT2D eigenvalue weighted by atomic mass is 10.1. The zero-order valence-electron chi connectivity index (χ0n) is 8.42. The van der Waals surface area contributed by atoms with Gasteiger partial charge >= 0.3 is 0 Å². The average molecular weight is 198 g/mol. The largest absolute Gasteiger partial charge is 0.323 e. The molecule has 2 nitrogen and oxygen atoms in total. The first-order valence-corrected chi connectivity index (χ1v) is 5.85. The van der Waals surface area contributed by atoms with Crippen LogP contribution in [0.5, 0.6) is 0 Å². The lowest BCUT2D eigenvalue weighted by Crippen LogP contribution is -2.10. The fraction of sp³-hybridized carbons (Fsp3) is 0.700. The SMILES string of the molecule is CCCc1nc(C(N)CCC)cs1. The fourth-order valence-electron chi connectivity index (χ4n) is 1.28. The molecule has 0 aromatic carbocycles. The smallest absolute Gasteiger partial charge is 0.0928 e. The molecule has 0 aliphatic rings. The third-order valence-electron chi connectivity index (χ3n) is 2.01. The second-order valence-corrected chi connectivity index (χ2v) is 4.25. The number of aryl methyl sites for hydroxylation is 1. The molecule has 13 heavy (non-hydrogen) atoms. The number of nitrogens with two attached hydrogens (primary N) is 1. The van der Waals surface area contributed by atoms with Gasteiger partial charge < -0.3 is 5.73 Å². The van der Waals surface area contributed by atoms with Crippen LogP contribution in [0.4, 0.5) is 0 Å². The van der Waals surface area contributed by atoms with E-state index >= 15 is 0 Å². The minimum absolute atomic E-state index is 0.145. The predicted octanol–water partition coefficient (Wildman–Crippen LogP) is 2.90. The molecular formula is C10H18N2S. The zero-order chi connectivity index (χ0) is 9.68. The van der Waals surface area contributed by atoms with E-state index in [1.807, 2.05) is 0 Å². The van der Waals surface area contributed by atoms with Crippen molar-refractivity contribution in [1.29, 1.82) is 0 Å². The van der Waals surface area contributed by atoms with Crippen molar-refractivity contribution >= 4 is 11.3 Å². The Morgan fingerprint density at radius 2 is 2.23 bits per heavy atom. The summed E-state index contributed by atoms with van der Waals surface area (Å²) in [4.78, 5) is 4.51. The molecule has 0 spiro atoms. The number of aromatic nitrogens is 1. The standard InChI is InChI=1S/C10H18N2S/c1-3-5-8(11)9-7-13-10(12-9)6-4-2/h7-8H,3-6,11H2,1-2H3. The molecule has 1 atom stereocenters. The summed E-state index contributed by atoms with van der Waals surface area (Å²) in [5.74, 6) is 0. The van der Waals surface area contributed by atoms with Gasteiger partial charge in [-0.25, -0.2) is 4.98 Å². The highest BCUT2D eigenvalue weighted by atomic mass is 32.1. The maximum atomic E-state index is 5.96. The molecule has 1 aromatic rings. The molecule has 0 saturated heterocycles. The summed E-state index contributed by atoms with van der Waals surface area (Å²) < 4.78 is 0. The Labute approximate surface area is 84.2 Å². The highest BCUT2D eigenvalue weighted by Crippen LogP contribution is 2.19. The molecule has 2 N–H and O–H groups in total. The molecular weight excluding hydrogens is 180 g/mol. The molecule has 1 aromatic heterocycles. The van der Waals surface area contributed by atoms with Crippen LogP contribution in [0.15, 0.2) is 5.38 Å². The molecule has 0 saturated carbocycles. The summed E-state index contributed by atoms with van der Waals surface area (Å²) >= 11 is 1.74. The molecule has 0 aliphatic carbocycles. The molecule has 1 rings (SSSR count). The number of rotatable bonds is 5. The van der Waals surface area contributed by atoms with Crippen molar-refractivity contribution < 1.29 is 0 Å². The van der Waals surface area contributed by atoms with Crippen molar-refractivity contribution in [3.8, 4) is 0 Å². The summed E-state index contributed by atoms with van der Waals surface area (Å²) in [6, 6.07) is 0.145. The molecule has 0 amide bonds. The van der Waals surface area contributed by atoms with Crippen LogP contribution in [0.1, 0.15) is 49.9 Å². The van der Waals surface area contributed by atoms with Crippen LogP contribution in [0.2, 0.25) is 0 Å². The maximum absolute atomic E-state index is 5.96. The average Bonchev–Trinajstić information content (AvgIpc) is 2.54. The summed E-state index contributed by atoms with van der Waals surface area (Å²) in [6.45, 7) is 4.33. The van der Waals surface area contributed by atoms with Gasteiger partial charge in [0.1, 0.15) is 0 Å². The van der Waals surface area contributed by atoms with Gasteiger partial charge in [0.05, 0.1) is 10.7 Å². The predicted molar refractivity (Wildman–Crippen MR) is 57.9 cm³/mol. The Morgan fingerprint density at radius 3 is 2.85 bits per heavy atom. The Hall–Kier alpha value is -0.410. The van der Waals surface area contributed by atoms with Crippen LogP contribution in [-0.4, -0.2) is 4.98 Å². The molecule has 74 valence electrons. The van der Waals surface area contributed by atoms with Crippen LogP contribution < -0.4 is 5.73 Å². The second-order valence-electron chi connectivity index (χ2n) is 3.31. The van der Waals surface area contributed by atoms with E-state index in [9.17, 15) is 0 Å². The Morgan fingerprint density at radius 1 is 1.46 bits per heavy atom. The molecule has 0 fully saturated rings. The maximum Gasteiger partial charge on any atom is 0.0928 e. The number of nitrogens with zero attached hydrogens (tertiary/aromatic N) is 1. The monoisotopic (exact) mass is 198 g/mol. The van der Waals surface area contributed by atoms with Gasteiger partial charge in [-0.15, -0.1) is 11.3 Å². The molecule has 3 heteroatoms. The van der Waals surface area contributed by atoms with Gasteiger partial charge in [0.25, 0.3) is 0 Å². The van der Waals surface area contributed by atoms with Crippen LogP contribution >= 0.6 is 11.3 Å². The van der Waals surface area contributed by atoms with Crippen molar-refractivity contribution in [2.24, 2.45) is 5.73 Å². The lowest BCUT2D eigenvalue weighted by molar-refractivity contribution is 0.623. The van der Waals surface area contributed by atoms with E-state index in [0.717, 1.165) is 31.4 Å². The van der Waals surface area contributed by atoms with Crippen LogP contribution in [0.25, 0.3) is 0 Å². The Balaban J connectivity index is 2.56. The van der Waals surface area contributed by atoms with Crippen LogP contribution in [0, 0.1) is 0 Å². The zero-order valence-corrected chi connectivity index (χ0v) is 9.23. The molecule has 0 aliphatic heterocycles. The highest BCUT2D eigenvalue weighted by molar-refractivity contribution is 7.09. The normalized spacial score (nSPS) is 13.2. The quantitative estimate of drug-likeness (QED) is 0.790. The van der Waals surface area contributed by atoms with Crippen molar-refractivity contribution in [3.63, 3.8) is 0 Å². The van der Waals surface area contributed by atoms with Crippen molar-refractivity contribution in [3.05, 3.63) is 16.1 Å². The molecule has 1 heterocycles. The third kappa shape index (κ3) is 3.08. The van der Waals surface area contributed by atoms with E-state index in [4.69, 9.17) is 5.73 Å². The fourth-order valence-corrected chi connectivity index (χ4v) is 2.25. The lowest BCUT2D eigenvalue weighted by Gasteiger charge is -2.05. The van der Waals surface area contributed by atoms with E-state index in [1.165, 1.54) is 5.01 Å². The van der Waals surface area contributed by atoms with E-state index < -0.39 is 0 Å². The van der Waals surface area contributed by atoms with E-state index in [2.05, 4.69) is 24.2 Å². The van der Waals surface area contributed by atoms with E-state index in [0.29, 0.717) is 0 Å². The topological polar surface area (TPSA) is 38.9 Å². The Kier molecular flexibility index (Phi) is 4.39. The highest BCUT2D eigenvalue weighted by Gasteiger charge is 2.08.